The Morgan fingerprint density at radius 1 is 1.14 bits per heavy atom. The van der Waals surface area contributed by atoms with E-state index in [4.69, 9.17) is 25.8 Å². The monoisotopic (exact) mass is 405 g/mol. The molecule has 6 nitrogen and oxygen atoms in total. The van der Waals surface area contributed by atoms with E-state index in [1.165, 1.54) is 16.2 Å². The van der Waals surface area contributed by atoms with E-state index in [2.05, 4.69) is 17.9 Å². The number of ether oxygens (including phenoxy) is 3. The molecule has 1 atom stereocenters. The van der Waals surface area contributed by atoms with Crippen LogP contribution in [0.15, 0.2) is 36.4 Å². The summed E-state index contributed by atoms with van der Waals surface area (Å²) in [6.07, 6.45) is -0.514. The molecule has 4 rings (SSSR count). The Balaban J connectivity index is 1.24. The van der Waals surface area contributed by atoms with Gasteiger partial charge in [-0.1, -0.05) is 17.7 Å². The van der Waals surface area contributed by atoms with Gasteiger partial charge in [-0.15, -0.1) is 0 Å². The first-order valence-corrected chi connectivity index (χ1v) is 10.0. The van der Waals surface area contributed by atoms with Crippen molar-refractivity contribution in [2.24, 2.45) is 0 Å². The molecular formula is C21H26ClN2O4+. The maximum atomic E-state index is 10.4. The molecule has 2 aliphatic heterocycles. The third-order valence-corrected chi connectivity index (χ3v) is 5.53. The summed E-state index contributed by atoms with van der Waals surface area (Å²) in [5.41, 5.74) is 2.45. The van der Waals surface area contributed by atoms with Crippen molar-refractivity contribution in [3.63, 3.8) is 0 Å². The second-order valence-electron chi connectivity index (χ2n) is 7.35. The zero-order chi connectivity index (χ0) is 19.5. The van der Waals surface area contributed by atoms with Gasteiger partial charge < -0.3 is 29.1 Å². The molecule has 2 aromatic carbocycles. The number of aliphatic hydroxyl groups excluding tert-OH is 1. The SMILES string of the molecule is Cc1ccc(Cl)cc1N1CC[NH+](C[C@H](O)COc2ccc3c(c2)OCO3)CC1. The Kier molecular flexibility index (Phi) is 5.80. The van der Waals surface area contributed by atoms with Gasteiger partial charge in [-0.3, -0.25) is 0 Å². The number of halogens is 1. The van der Waals surface area contributed by atoms with Crippen LogP contribution in [0.2, 0.25) is 5.02 Å². The predicted molar refractivity (Wildman–Crippen MR) is 108 cm³/mol. The molecule has 2 aromatic rings. The van der Waals surface area contributed by atoms with Crippen molar-refractivity contribution in [1.82, 2.24) is 0 Å². The van der Waals surface area contributed by atoms with Gasteiger partial charge in [0.15, 0.2) is 11.5 Å². The average Bonchev–Trinajstić information content (AvgIpc) is 3.17. The Hall–Kier alpha value is -2.15. The normalized spacial score (nSPS) is 17.6. The van der Waals surface area contributed by atoms with Crippen LogP contribution >= 0.6 is 11.6 Å². The number of piperazine rings is 1. The summed E-state index contributed by atoms with van der Waals surface area (Å²) in [5.74, 6) is 2.09. The number of benzene rings is 2. The second-order valence-corrected chi connectivity index (χ2v) is 7.79. The van der Waals surface area contributed by atoms with Crippen molar-refractivity contribution in [3.8, 4) is 17.2 Å². The van der Waals surface area contributed by atoms with E-state index < -0.39 is 6.10 Å². The van der Waals surface area contributed by atoms with Gasteiger partial charge in [-0.2, -0.15) is 0 Å². The highest BCUT2D eigenvalue weighted by Gasteiger charge is 2.24. The number of nitrogens with zero attached hydrogens (tertiary/aromatic N) is 1. The van der Waals surface area contributed by atoms with E-state index in [0.717, 1.165) is 37.0 Å². The van der Waals surface area contributed by atoms with Crippen molar-refractivity contribution >= 4 is 17.3 Å². The maximum absolute atomic E-state index is 10.4. The first-order valence-electron chi connectivity index (χ1n) is 9.63. The van der Waals surface area contributed by atoms with Gasteiger partial charge in [0, 0.05) is 16.8 Å². The Morgan fingerprint density at radius 2 is 1.93 bits per heavy atom. The zero-order valence-electron chi connectivity index (χ0n) is 16.0. The van der Waals surface area contributed by atoms with E-state index in [-0.39, 0.29) is 13.4 Å². The molecule has 2 N–H and O–H groups in total. The number of nitrogens with one attached hydrogen (secondary N) is 1. The van der Waals surface area contributed by atoms with Crippen LogP contribution in [-0.2, 0) is 0 Å². The van der Waals surface area contributed by atoms with Gasteiger partial charge in [-0.05, 0) is 36.8 Å². The van der Waals surface area contributed by atoms with E-state index in [1.807, 2.05) is 24.3 Å². The number of hydrogen-bond acceptors (Lipinski definition) is 5. The number of aliphatic hydroxyl groups is 1. The van der Waals surface area contributed by atoms with Crippen LogP contribution in [0.3, 0.4) is 0 Å². The lowest BCUT2D eigenvalue weighted by molar-refractivity contribution is -0.903. The van der Waals surface area contributed by atoms with E-state index in [1.54, 1.807) is 6.07 Å². The predicted octanol–water partition coefficient (Wildman–Crippen LogP) is 1.52. The molecule has 1 fully saturated rings. The number of fused-ring (bicyclic) bond motifs is 1. The minimum Gasteiger partial charge on any atom is -0.491 e. The summed E-state index contributed by atoms with van der Waals surface area (Å²) in [5, 5.41) is 11.2. The van der Waals surface area contributed by atoms with Crippen LogP contribution in [0.25, 0.3) is 0 Å². The smallest absolute Gasteiger partial charge is 0.231 e. The van der Waals surface area contributed by atoms with Crippen LogP contribution in [0.5, 0.6) is 17.2 Å². The third kappa shape index (κ3) is 4.46. The Bertz CT molecular complexity index is 824. The van der Waals surface area contributed by atoms with E-state index in [9.17, 15) is 5.11 Å². The summed E-state index contributed by atoms with van der Waals surface area (Å²) < 4.78 is 16.4. The van der Waals surface area contributed by atoms with Crippen molar-refractivity contribution in [2.75, 3.05) is 51.0 Å². The Morgan fingerprint density at radius 3 is 2.75 bits per heavy atom. The lowest BCUT2D eigenvalue weighted by Crippen LogP contribution is -3.16. The molecule has 0 saturated carbocycles. The van der Waals surface area contributed by atoms with Crippen molar-refractivity contribution in [2.45, 2.75) is 13.0 Å². The number of anilines is 1. The molecular weight excluding hydrogens is 380 g/mol. The van der Waals surface area contributed by atoms with Gasteiger partial charge in [-0.25, -0.2) is 0 Å². The summed E-state index contributed by atoms with van der Waals surface area (Å²) in [6, 6.07) is 11.5. The first-order chi connectivity index (χ1) is 13.6. The number of aryl methyl sites for hydroxylation is 1. The molecule has 0 aromatic heterocycles. The average molecular weight is 406 g/mol. The van der Waals surface area contributed by atoms with Gasteiger partial charge in [0.25, 0.3) is 0 Å². The van der Waals surface area contributed by atoms with Crippen molar-refractivity contribution in [1.29, 1.82) is 0 Å². The zero-order valence-corrected chi connectivity index (χ0v) is 16.7. The molecule has 0 bridgehead atoms. The fourth-order valence-electron chi connectivity index (χ4n) is 3.74. The van der Waals surface area contributed by atoms with Crippen LogP contribution < -0.4 is 24.0 Å². The molecule has 0 unspecified atom stereocenters. The quantitative estimate of drug-likeness (QED) is 0.763. The summed E-state index contributed by atoms with van der Waals surface area (Å²) in [7, 11) is 0. The van der Waals surface area contributed by atoms with Crippen molar-refractivity contribution in [3.05, 3.63) is 47.0 Å². The molecule has 2 aliphatic rings. The van der Waals surface area contributed by atoms with Gasteiger partial charge in [0.05, 0.1) is 26.2 Å². The standard InChI is InChI=1S/C21H25ClN2O4/c1-15-2-3-16(22)10-19(15)24-8-6-23(7-9-24)12-17(25)13-26-18-4-5-20-21(11-18)28-14-27-20/h2-5,10-11,17,25H,6-9,12-14H2,1H3/p+1/t17-/m0/s1. The first kappa shape index (κ1) is 19.2. The summed E-state index contributed by atoms with van der Waals surface area (Å²) >= 11 is 6.16. The lowest BCUT2D eigenvalue weighted by atomic mass is 10.1. The topological polar surface area (TPSA) is 55.6 Å². The van der Waals surface area contributed by atoms with Crippen LogP contribution in [0.1, 0.15) is 5.56 Å². The maximum Gasteiger partial charge on any atom is 0.231 e. The molecule has 1 saturated heterocycles. The highest BCUT2D eigenvalue weighted by Crippen LogP contribution is 2.35. The minimum absolute atomic E-state index is 0.242. The number of hydrogen-bond donors (Lipinski definition) is 2. The molecule has 28 heavy (non-hydrogen) atoms. The molecule has 0 amide bonds. The molecule has 0 aliphatic carbocycles. The van der Waals surface area contributed by atoms with Gasteiger partial charge in [0.2, 0.25) is 6.79 Å². The van der Waals surface area contributed by atoms with Gasteiger partial charge in [0.1, 0.15) is 25.0 Å². The Labute approximate surface area is 170 Å². The highest BCUT2D eigenvalue weighted by atomic mass is 35.5. The van der Waals surface area contributed by atoms with Crippen LogP contribution in [0.4, 0.5) is 5.69 Å². The number of rotatable bonds is 6. The highest BCUT2D eigenvalue weighted by molar-refractivity contribution is 6.30. The van der Waals surface area contributed by atoms with E-state index in [0.29, 0.717) is 18.0 Å². The molecule has 2 heterocycles. The molecule has 150 valence electrons. The summed E-state index contributed by atoms with van der Waals surface area (Å²) in [4.78, 5) is 3.76. The molecule has 0 spiro atoms. The second kappa shape index (κ2) is 8.47. The fraction of sp³-hybridized carbons (Fsp3) is 0.429. The molecule has 0 radical (unpaired) electrons. The van der Waals surface area contributed by atoms with Crippen molar-refractivity contribution < 1.29 is 24.2 Å². The largest absolute Gasteiger partial charge is 0.491 e. The van der Waals surface area contributed by atoms with Crippen LogP contribution in [-0.4, -0.2) is 57.3 Å². The number of quaternary nitrogens is 1. The van der Waals surface area contributed by atoms with E-state index >= 15 is 0 Å². The third-order valence-electron chi connectivity index (χ3n) is 5.29. The minimum atomic E-state index is -0.514. The summed E-state index contributed by atoms with van der Waals surface area (Å²) in [6.45, 7) is 7.15. The van der Waals surface area contributed by atoms with Crippen LogP contribution in [0, 0.1) is 6.92 Å². The fourth-order valence-corrected chi connectivity index (χ4v) is 3.91. The lowest BCUT2D eigenvalue weighted by Gasteiger charge is -2.35. The molecule has 7 heteroatoms. The van der Waals surface area contributed by atoms with Gasteiger partial charge >= 0.3 is 0 Å².